The van der Waals surface area contributed by atoms with Crippen LogP contribution in [-0.4, -0.2) is 50.5 Å². The van der Waals surface area contributed by atoms with Gasteiger partial charge in [0.1, 0.15) is 5.75 Å². The highest BCUT2D eigenvalue weighted by atomic mass is 32.1. The van der Waals surface area contributed by atoms with E-state index in [2.05, 4.69) is 15.1 Å². The molecule has 0 aliphatic rings. The van der Waals surface area contributed by atoms with Crippen molar-refractivity contribution in [2.45, 2.75) is 0 Å². The van der Waals surface area contributed by atoms with E-state index in [4.69, 9.17) is 18.9 Å². The van der Waals surface area contributed by atoms with Crippen LogP contribution < -0.4 is 24.0 Å². The summed E-state index contributed by atoms with van der Waals surface area (Å²) in [4.78, 5) is 22.7. The normalized spacial score (nSPS) is 11.2. The van der Waals surface area contributed by atoms with Crippen molar-refractivity contribution in [2.75, 3.05) is 33.4 Å². The summed E-state index contributed by atoms with van der Waals surface area (Å²) in [5, 5.41) is 6.28. The second kappa shape index (κ2) is 10.4. The van der Waals surface area contributed by atoms with Gasteiger partial charge in [0.15, 0.2) is 11.5 Å². The molecule has 0 spiro atoms. The zero-order valence-corrected chi connectivity index (χ0v) is 22.1. The molecule has 0 aliphatic carbocycles. The number of carbonyl (C=O) groups excluding carboxylic acids is 1. The number of hydrazone groups is 1. The summed E-state index contributed by atoms with van der Waals surface area (Å²) in [6.07, 6.45) is 1.56. The van der Waals surface area contributed by atoms with Crippen LogP contribution in [0.15, 0.2) is 59.1 Å². The quantitative estimate of drug-likeness (QED) is 0.188. The van der Waals surface area contributed by atoms with Gasteiger partial charge in [-0.25, -0.2) is 9.97 Å². The van der Waals surface area contributed by atoms with Crippen molar-refractivity contribution >= 4 is 60.4 Å². The van der Waals surface area contributed by atoms with Crippen molar-refractivity contribution < 1.29 is 23.7 Å². The van der Waals surface area contributed by atoms with E-state index in [1.54, 1.807) is 51.3 Å². The van der Waals surface area contributed by atoms with E-state index in [1.165, 1.54) is 34.8 Å². The predicted octanol–water partition coefficient (Wildman–Crippen LogP) is 5.62. The fourth-order valence-corrected chi connectivity index (χ4v) is 5.38. The molecule has 5 aromatic rings. The van der Waals surface area contributed by atoms with Gasteiger partial charge in [-0.3, -0.25) is 4.79 Å². The van der Waals surface area contributed by atoms with Crippen molar-refractivity contribution in [1.29, 1.82) is 0 Å². The highest BCUT2D eigenvalue weighted by molar-refractivity contribution is 7.22. The van der Waals surface area contributed by atoms with Crippen LogP contribution in [0.1, 0.15) is 15.9 Å². The van der Waals surface area contributed by atoms with Crippen LogP contribution in [0, 0.1) is 0 Å². The SMILES string of the molecule is COc1ccc2nc(N(/N=C/c3cc(OC)c(OC)c(OC)c3)C(=O)c3ccc4ncsc4c3)sc2c1. The summed E-state index contributed by atoms with van der Waals surface area (Å²) in [5.41, 5.74) is 4.43. The van der Waals surface area contributed by atoms with E-state index in [0.29, 0.717) is 39.3 Å². The van der Waals surface area contributed by atoms with Crippen molar-refractivity contribution in [3.63, 3.8) is 0 Å². The Morgan fingerprint density at radius 2 is 1.65 bits per heavy atom. The van der Waals surface area contributed by atoms with E-state index in [9.17, 15) is 4.79 Å². The minimum atomic E-state index is -0.329. The van der Waals surface area contributed by atoms with E-state index in [0.717, 1.165) is 20.4 Å². The Morgan fingerprint density at radius 1 is 0.892 bits per heavy atom. The molecule has 9 nitrogen and oxygen atoms in total. The number of fused-ring (bicyclic) bond motifs is 2. The maximum absolute atomic E-state index is 13.7. The highest BCUT2D eigenvalue weighted by Crippen LogP contribution is 2.38. The molecule has 0 bridgehead atoms. The molecule has 5 rings (SSSR count). The minimum Gasteiger partial charge on any atom is -0.497 e. The third-order valence-electron chi connectivity index (χ3n) is 5.55. The Balaban J connectivity index is 1.59. The van der Waals surface area contributed by atoms with E-state index in [1.807, 2.05) is 30.3 Å². The van der Waals surface area contributed by atoms with Gasteiger partial charge < -0.3 is 18.9 Å². The lowest BCUT2D eigenvalue weighted by Crippen LogP contribution is -2.25. The van der Waals surface area contributed by atoms with Crippen molar-refractivity contribution in [1.82, 2.24) is 9.97 Å². The van der Waals surface area contributed by atoms with Gasteiger partial charge in [-0.05, 0) is 48.5 Å². The lowest BCUT2D eigenvalue weighted by atomic mass is 10.2. The van der Waals surface area contributed by atoms with Gasteiger partial charge in [-0.2, -0.15) is 10.1 Å². The molecule has 2 aromatic heterocycles. The molecule has 2 heterocycles. The number of methoxy groups -OCH3 is 4. The number of hydrogen-bond acceptors (Lipinski definition) is 10. The molecule has 3 aromatic carbocycles. The van der Waals surface area contributed by atoms with Gasteiger partial charge >= 0.3 is 0 Å². The van der Waals surface area contributed by atoms with Gasteiger partial charge in [-0.1, -0.05) is 11.3 Å². The van der Waals surface area contributed by atoms with Crippen molar-refractivity contribution in [2.24, 2.45) is 5.10 Å². The minimum absolute atomic E-state index is 0.329. The van der Waals surface area contributed by atoms with Crippen LogP contribution in [0.25, 0.3) is 20.4 Å². The number of anilines is 1. The predicted molar refractivity (Wildman–Crippen MR) is 146 cm³/mol. The number of thiazole rings is 2. The van der Waals surface area contributed by atoms with Gasteiger partial charge in [-0.15, -0.1) is 11.3 Å². The third-order valence-corrected chi connectivity index (χ3v) is 7.33. The summed E-state index contributed by atoms with van der Waals surface area (Å²) in [6, 6.07) is 14.4. The molecule has 37 heavy (non-hydrogen) atoms. The second-order valence-electron chi connectivity index (χ2n) is 7.69. The molecule has 0 fully saturated rings. The molecule has 0 unspecified atom stereocenters. The fourth-order valence-electron chi connectivity index (χ4n) is 3.71. The van der Waals surface area contributed by atoms with Gasteiger partial charge in [0.2, 0.25) is 10.9 Å². The summed E-state index contributed by atoms with van der Waals surface area (Å²) >= 11 is 2.81. The maximum Gasteiger partial charge on any atom is 0.280 e. The standard InChI is InChI=1S/C26H22N4O5S2/c1-32-17-6-8-19-23(12-17)37-26(29-19)30(25(31)16-5-7-18-22(11-16)36-14-27-18)28-13-15-9-20(33-2)24(35-4)21(10-15)34-3/h5-14H,1-4H3/b28-13+. The average Bonchev–Trinajstić information content (AvgIpc) is 3.58. The van der Waals surface area contributed by atoms with E-state index >= 15 is 0 Å². The van der Waals surface area contributed by atoms with Gasteiger partial charge in [0, 0.05) is 11.1 Å². The summed E-state index contributed by atoms with van der Waals surface area (Å²) in [6.45, 7) is 0. The zero-order chi connectivity index (χ0) is 25.9. The number of amides is 1. The number of rotatable bonds is 8. The van der Waals surface area contributed by atoms with Crippen LogP contribution in [0.2, 0.25) is 0 Å². The summed E-state index contributed by atoms with van der Waals surface area (Å²) in [7, 11) is 6.23. The fraction of sp³-hybridized carbons (Fsp3) is 0.154. The first-order chi connectivity index (χ1) is 18.0. The van der Waals surface area contributed by atoms with E-state index < -0.39 is 0 Å². The molecule has 188 valence electrons. The monoisotopic (exact) mass is 534 g/mol. The number of benzene rings is 3. The average molecular weight is 535 g/mol. The molecular weight excluding hydrogens is 512 g/mol. The molecule has 1 amide bonds. The molecule has 0 aliphatic heterocycles. The van der Waals surface area contributed by atoms with Crippen LogP contribution in [-0.2, 0) is 0 Å². The Morgan fingerprint density at radius 3 is 2.35 bits per heavy atom. The molecular formula is C26H22N4O5S2. The Labute approximate surface area is 220 Å². The molecule has 11 heteroatoms. The molecule has 0 radical (unpaired) electrons. The van der Waals surface area contributed by atoms with Crippen LogP contribution in [0.4, 0.5) is 5.13 Å². The topological polar surface area (TPSA) is 95.4 Å². The number of aromatic nitrogens is 2. The lowest BCUT2D eigenvalue weighted by Gasteiger charge is -2.15. The maximum atomic E-state index is 13.7. The largest absolute Gasteiger partial charge is 0.497 e. The summed E-state index contributed by atoms with van der Waals surface area (Å²) < 4.78 is 23.4. The Hall–Kier alpha value is -4.22. The number of hydrogen-bond donors (Lipinski definition) is 0. The molecule has 0 atom stereocenters. The first-order valence-electron chi connectivity index (χ1n) is 11.0. The smallest absolute Gasteiger partial charge is 0.280 e. The molecule has 0 saturated carbocycles. The number of ether oxygens (including phenoxy) is 4. The van der Waals surface area contributed by atoms with E-state index in [-0.39, 0.29) is 5.91 Å². The van der Waals surface area contributed by atoms with Gasteiger partial charge in [0.05, 0.1) is 60.6 Å². The zero-order valence-electron chi connectivity index (χ0n) is 20.4. The second-order valence-corrected chi connectivity index (χ2v) is 9.58. The lowest BCUT2D eigenvalue weighted by molar-refractivity contribution is 0.0988. The first kappa shape index (κ1) is 24.5. The van der Waals surface area contributed by atoms with Crippen molar-refractivity contribution in [3.05, 3.63) is 65.2 Å². The summed E-state index contributed by atoms with van der Waals surface area (Å²) in [5.74, 6) is 1.79. The highest BCUT2D eigenvalue weighted by Gasteiger charge is 2.22. The molecule has 0 saturated heterocycles. The van der Waals surface area contributed by atoms with Crippen LogP contribution in [0.5, 0.6) is 23.0 Å². The number of nitrogens with zero attached hydrogens (tertiary/aromatic N) is 4. The first-order valence-corrected chi connectivity index (χ1v) is 12.7. The number of carbonyl (C=O) groups is 1. The molecule has 0 N–H and O–H groups in total. The van der Waals surface area contributed by atoms with Crippen molar-refractivity contribution in [3.8, 4) is 23.0 Å². The third kappa shape index (κ3) is 4.78. The Bertz CT molecular complexity index is 1600. The Kier molecular flexibility index (Phi) is 6.89. The van der Waals surface area contributed by atoms with Gasteiger partial charge in [0.25, 0.3) is 5.91 Å². The van der Waals surface area contributed by atoms with Crippen LogP contribution >= 0.6 is 22.7 Å². The van der Waals surface area contributed by atoms with Crippen LogP contribution in [0.3, 0.4) is 0 Å².